The minimum absolute atomic E-state index is 0.00908. The number of ether oxygens (including phenoxy) is 1. The monoisotopic (exact) mass is 386 g/mol. The van der Waals surface area contributed by atoms with Gasteiger partial charge in [-0.2, -0.15) is 4.31 Å². The molecule has 1 atom stereocenters. The number of amides is 1. The van der Waals surface area contributed by atoms with Crippen LogP contribution >= 0.6 is 0 Å². The molecule has 2 aliphatic rings. The van der Waals surface area contributed by atoms with Crippen molar-refractivity contribution in [2.75, 3.05) is 39.1 Å². The number of methoxy groups -OCH3 is 1. The molecule has 0 radical (unpaired) electrons. The highest BCUT2D eigenvalue weighted by Crippen LogP contribution is 2.38. The van der Waals surface area contributed by atoms with Gasteiger partial charge in [-0.1, -0.05) is 18.2 Å². The van der Waals surface area contributed by atoms with E-state index in [0.717, 1.165) is 0 Å². The third kappa shape index (κ3) is 3.25. The summed E-state index contributed by atoms with van der Waals surface area (Å²) in [6.45, 7) is 1.25. The Morgan fingerprint density at radius 2 is 1.84 bits per heavy atom. The Labute approximate surface area is 150 Å². The second kappa shape index (κ2) is 7.14. The van der Waals surface area contributed by atoms with E-state index in [1.54, 1.807) is 42.3 Å². The quantitative estimate of drug-likeness (QED) is 0.732. The zero-order valence-corrected chi connectivity index (χ0v) is 15.7. The van der Waals surface area contributed by atoms with E-state index in [1.165, 1.54) is 4.31 Å². The largest absolute Gasteiger partial charge is 0.383 e. The van der Waals surface area contributed by atoms with Gasteiger partial charge in [0.25, 0.3) is 0 Å². The van der Waals surface area contributed by atoms with Crippen molar-refractivity contribution >= 4 is 26.7 Å². The average Bonchev–Trinajstić information content (AvgIpc) is 2.84. The van der Waals surface area contributed by atoms with Crippen LogP contribution in [0, 0.1) is 0 Å². The molecule has 1 aromatic carbocycles. The molecule has 3 rings (SSSR count). The van der Waals surface area contributed by atoms with E-state index in [9.17, 15) is 17.4 Å². The summed E-state index contributed by atoms with van der Waals surface area (Å²) in [6.07, 6.45) is 0.752. The standard InChI is InChI=1S/C16H22N2O5S2/c1-23-12-11-18-15(19)13-24(20)16(18)7-9-17(10-8-16)25(21,22)14-5-3-2-4-6-14/h2-6H,7-13H2,1H3. The molecule has 2 fully saturated rings. The van der Waals surface area contributed by atoms with Gasteiger partial charge in [0.05, 0.1) is 22.3 Å². The fourth-order valence-corrected chi connectivity index (χ4v) is 6.69. The fraction of sp³-hybridized carbons (Fsp3) is 0.562. The van der Waals surface area contributed by atoms with E-state index in [-0.39, 0.29) is 29.6 Å². The Morgan fingerprint density at radius 1 is 1.20 bits per heavy atom. The lowest BCUT2D eigenvalue weighted by atomic mass is 10.0. The lowest BCUT2D eigenvalue weighted by Gasteiger charge is -2.42. The van der Waals surface area contributed by atoms with Gasteiger partial charge in [-0.3, -0.25) is 9.00 Å². The number of nitrogens with zero attached hydrogens (tertiary/aromatic N) is 2. The molecule has 9 heteroatoms. The van der Waals surface area contributed by atoms with Crippen molar-refractivity contribution in [3.05, 3.63) is 30.3 Å². The first-order chi connectivity index (χ1) is 11.9. The first-order valence-electron chi connectivity index (χ1n) is 8.15. The summed E-state index contributed by atoms with van der Waals surface area (Å²) >= 11 is 0. The Morgan fingerprint density at radius 3 is 2.44 bits per heavy atom. The maximum atomic E-state index is 12.7. The summed E-state index contributed by atoms with van der Waals surface area (Å²) in [5, 5.41) is 0. The highest BCUT2D eigenvalue weighted by Gasteiger charge is 2.53. The van der Waals surface area contributed by atoms with Crippen molar-refractivity contribution in [1.29, 1.82) is 0 Å². The van der Waals surface area contributed by atoms with Crippen LogP contribution in [0.4, 0.5) is 0 Å². The molecule has 2 aliphatic heterocycles. The molecule has 7 nitrogen and oxygen atoms in total. The molecule has 138 valence electrons. The number of sulfonamides is 1. The number of carbonyl (C=O) groups is 1. The van der Waals surface area contributed by atoms with Gasteiger partial charge in [-0.05, 0) is 25.0 Å². The van der Waals surface area contributed by atoms with Crippen LogP contribution in [0.2, 0.25) is 0 Å². The van der Waals surface area contributed by atoms with E-state index >= 15 is 0 Å². The molecule has 1 amide bonds. The maximum Gasteiger partial charge on any atom is 0.243 e. The molecule has 0 N–H and O–H groups in total. The Hall–Kier alpha value is -1.29. The van der Waals surface area contributed by atoms with Gasteiger partial charge in [0.15, 0.2) is 0 Å². The summed E-state index contributed by atoms with van der Waals surface area (Å²) in [6, 6.07) is 8.29. The van der Waals surface area contributed by atoms with Gasteiger partial charge in [0, 0.05) is 26.7 Å². The maximum absolute atomic E-state index is 12.7. The molecule has 0 saturated carbocycles. The average molecular weight is 386 g/mol. The van der Waals surface area contributed by atoms with Gasteiger partial charge in [-0.15, -0.1) is 0 Å². The van der Waals surface area contributed by atoms with Crippen LogP contribution in [-0.2, 0) is 30.4 Å². The van der Waals surface area contributed by atoms with Gasteiger partial charge in [0.2, 0.25) is 15.9 Å². The normalized spacial score (nSPS) is 24.1. The van der Waals surface area contributed by atoms with Gasteiger partial charge in [0.1, 0.15) is 10.6 Å². The van der Waals surface area contributed by atoms with Crippen LogP contribution in [0.5, 0.6) is 0 Å². The van der Waals surface area contributed by atoms with Crippen molar-refractivity contribution in [3.8, 4) is 0 Å². The fourth-order valence-electron chi connectivity index (χ4n) is 3.50. The summed E-state index contributed by atoms with van der Waals surface area (Å²) in [7, 11) is -3.33. The molecule has 0 aliphatic carbocycles. The summed E-state index contributed by atoms with van der Waals surface area (Å²) < 4.78 is 44.6. The van der Waals surface area contributed by atoms with Crippen molar-refractivity contribution in [1.82, 2.24) is 9.21 Å². The van der Waals surface area contributed by atoms with E-state index in [4.69, 9.17) is 4.74 Å². The molecular formula is C16H22N2O5S2. The Kier molecular flexibility index (Phi) is 5.29. The summed E-state index contributed by atoms with van der Waals surface area (Å²) in [5.41, 5.74) is 0. The highest BCUT2D eigenvalue weighted by molar-refractivity contribution is 7.89. The van der Waals surface area contributed by atoms with E-state index in [0.29, 0.717) is 26.0 Å². The Bertz CT molecular complexity index is 758. The zero-order valence-electron chi connectivity index (χ0n) is 14.1. The van der Waals surface area contributed by atoms with Crippen LogP contribution in [0.25, 0.3) is 0 Å². The predicted octanol–water partition coefficient (Wildman–Crippen LogP) is 0.405. The van der Waals surface area contributed by atoms with Crippen LogP contribution < -0.4 is 0 Å². The predicted molar refractivity (Wildman–Crippen MR) is 93.8 cm³/mol. The molecular weight excluding hydrogens is 364 g/mol. The van der Waals surface area contributed by atoms with Crippen molar-refractivity contribution < 1.29 is 22.2 Å². The number of piperidine rings is 1. The van der Waals surface area contributed by atoms with E-state index in [1.807, 2.05) is 0 Å². The molecule has 1 spiro atoms. The summed E-state index contributed by atoms with van der Waals surface area (Å²) in [5.74, 6) is -0.135. The molecule has 2 saturated heterocycles. The number of benzene rings is 1. The minimum Gasteiger partial charge on any atom is -0.383 e. The lowest BCUT2D eigenvalue weighted by molar-refractivity contribution is -0.131. The van der Waals surface area contributed by atoms with Crippen molar-refractivity contribution in [3.63, 3.8) is 0 Å². The minimum atomic E-state index is -3.57. The van der Waals surface area contributed by atoms with Crippen LogP contribution in [0.3, 0.4) is 0 Å². The molecule has 0 aromatic heterocycles. The van der Waals surface area contributed by atoms with Gasteiger partial charge >= 0.3 is 0 Å². The topological polar surface area (TPSA) is 84.0 Å². The molecule has 0 bridgehead atoms. The SMILES string of the molecule is COCCN1C(=O)CS(=O)C12CCN(S(=O)(=O)c1ccccc1)CC2. The molecule has 1 unspecified atom stereocenters. The van der Waals surface area contributed by atoms with E-state index < -0.39 is 25.7 Å². The number of carbonyl (C=O) groups excluding carboxylic acids is 1. The molecule has 2 heterocycles. The molecule has 25 heavy (non-hydrogen) atoms. The number of hydrogen-bond acceptors (Lipinski definition) is 5. The smallest absolute Gasteiger partial charge is 0.243 e. The van der Waals surface area contributed by atoms with E-state index in [2.05, 4.69) is 0 Å². The third-order valence-corrected chi connectivity index (χ3v) is 8.77. The van der Waals surface area contributed by atoms with Crippen molar-refractivity contribution in [2.45, 2.75) is 22.6 Å². The highest BCUT2D eigenvalue weighted by atomic mass is 32.2. The third-order valence-electron chi connectivity index (χ3n) is 4.88. The van der Waals surface area contributed by atoms with Gasteiger partial charge in [-0.25, -0.2) is 8.42 Å². The lowest BCUT2D eigenvalue weighted by Crippen LogP contribution is -2.56. The summed E-state index contributed by atoms with van der Waals surface area (Å²) in [4.78, 5) is 13.3. The van der Waals surface area contributed by atoms with Crippen LogP contribution in [-0.4, -0.2) is 71.7 Å². The first kappa shape index (κ1) is 18.5. The number of hydrogen-bond donors (Lipinski definition) is 0. The van der Waals surface area contributed by atoms with Gasteiger partial charge < -0.3 is 9.64 Å². The van der Waals surface area contributed by atoms with Crippen LogP contribution in [0.1, 0.15) is 12.8 Å². The number of rotatable bonds is 5. The Balaban J connectivity index is 1.78. The zero-order chi connectivity index (χ0) is 18.1. The molecule has 1 aromatic rings. The first-order valence-corrected chi connectivity index (χ1v) is 10.9. The second-order valence-electron chi connectivity index (χ2n) is 6.19. The van der Waals surface area contributed by atoms with Crippen LogP contribution in [0.15, 0.2) is 35.2 Å². The second-order valence-corrected chi connectivity index (χ2v) is 9.87. The van der Waals surface area contributed by atoms with Crippen molar-refractivity contribution in [2.24, 2.45) is 0 Å².